The quantitative estimate of drug-likeness (QED) is 0.607. The lowest BCUT2D eigenvalue weighted by Crippen LogP contribution is -2.07. The molecule has 3 heteroatoms. The molecule has 1 rings (SSSR count). The number of hydrogen-bond acceptors (Lipinski definition) is 3. The van der Waals surface area contributed by atoms with Gasteiger partial charge in [-0.25, -0.2) is 0 Å². The summed E-state index contributed by atoms with van der Waals surface area (Å²) in [5, 5.41) is 17.1. The Kier molecular flexibility index (Phi) is 5.66. The molecule has 94 valence electrons. The summed E-state index contributed by atoms with van der Waals surface area (Å²) in [5.74, 6) is 0. The molecule has 0 aliphatic carbocycles. The summed E-state index contributed by atoms with van der Waals surface area (Å²) in [6.07, 6.45) is 8.77. The predicted molar refractivity (Wildman–Crippen MR) is 78.3 cm³/mol. The third-order valence-electron chi connectivity index (χ3n) is 2.42. The fraction of sp³-hybridized carbons (Fsp3) is 0.125. The number of nitrogens with zero attached hydrogens (tertiary/aromatic N) is 3. The molecule has 0 fully saturated rings. The van der Waals surface area contributed by atoms with Crippen LogP contribution < -0.4 is 4.90 Å². The summed E-state index contributed by atoms with van der Waals surface area (Å²) in [5.41, 5.74) is 2.35. The summed E-state index contributed by atoms with van der Waals surface area (Å²) < 4.78 is 0. The van der Waals surface area contributed by atoms with E-state index in [2.05, 4.69) is 0 Å². The third-order valence-corrected chi connectivity index (χ3v) is 2.42. The molecule has 1 aromatic rings. The largest absolute Gasteiger partial charge is 0.378 e. The van der Waals surface area contributed by atoms with Crippen LogP contribution in [0.15, 0.2) is 54.1 Å². The number of allylic oxidation sites excluding steroid dienone is 5. The second-order valence-corrected chi connectivity index (χ2v) is 4.03. The van der Waals surface area contributed by atoms with Crippen molar-refractivity contribution >= 4 is 11.8 Å². The van der Waals surface area contributed by atoms with E-state index in [9.17, 15) is 0 Å². The molecule has 0 radical (unpaired) electrons. The Morgan fingerprint density at radius 1 is 1.00 bits per heavy atom. The van der Waals surface area contributed by atoms with Crippen LogP contribution in [0.4, 0.5) is 5.69 Å². The maximum Gasteiger partial charge on any atom is 0.129 e. The number of benzene rings is 1. The summed E-state index contributed by atoms with van der Waals surface area (Å²) in [4.78, 5) is 2.05. The van der Waals surface area contributed by atoms with Crippen LogP contribution in [-0.2, 0) is 0 Å². The van der Waals surface area contributed by atoms with Gasteiger partial charge < -0.3 is 4.90 Å². The highest BCUT2D eigenvalue weighted by molar-refractivity contribution is 5.56. The normalized spacial score (nSPS) is 10.1. The van der Waals surface area contributed by atoms with Crippen LogP contribution in [0, 0.1) is 22.7 Å². The highest BCUT2D eigenvalue weighted by atomic mass is 15.1. The van der Waals surface area contributed by atoms with E-state index in [0.717, 1.165) is 11.3 Å². The first kappa shape index (κ1) is 14.3. The Morgan fingerprint density at radius 3 is 2.16 bits per heavy atom. The van der Waals surface area contributed by atoms with E-state index in [0.29, 0.717) is 0 Å². The van der Waals surface area contributed by atoms with Gasteiger partial charge in [0.1, 0.15) is 17.7 Å². The number of hydrogen-bond donors (Lipinski definition) is 0. The predicted octanol–water partition coefficient (Wildman–Crippen LogP) is 3.30. The summed E-state index contributed by atoms with van der Waals surface area (Å²) in [7, 11) is 4.00. The van der Waals surface area contributed by atoms with Crippen molar-refractivity contribution < 1.29 is 0 Å². The molecule has 0 atom stereocenters. The van der Waals surface area contributed by atoms with Crippen LogP contribution in [0.5, 0.6) is 0 Å². The molecule has 1 aromatic carbocycles. The van der Waals surface area contributed by atoms with Crippen molar-refractivity contribution in [2.45, 2.75) is 0 Å². The highest BCUT2D eigenvalue weighted by Crippen LogP contribution is 2.13. The Labute approximate surface area is 114 Å². The van der Waals surface area contributed by atoms with Crippen LogP contribution in [0.3, 0.4) is 0 Å². The lowest BCUT2D eigenvalue weighted by atomic mass is 10.2. The summed E-state index contributed by atoms with van der Waals surface area (Å²) in [6, 6.07) is 11.8. The van der Waals surface area contributed by atoms with Gasteiger partial charge in [0.2, 0.25) is 0 Å². The fourth-order valence-corrected chi connectivity index (χ4v) is 1.37. The SMILES string of the molecule is CN(C)c1ccc(C=CC=CC=C(C#N)C#N)cc1. The topological polar surface area (TPSA) is 50.8 Å². The van der Waals surface area contributed by atoms with Crippen LogP contribution in [0.2, 0.25) is 0 Å². The molecule has 0 spiro atoms. The van der Waals surface area contributed by atoms with Crippen LogP contribution >= 0.6 is 0 Å². The lowest BCUT2D eigenvalue weighted by Gasteiger charge is -2.11. The minimum atomic E-state index is 0.0972. The van der Waals surface area contributed by atoms with E-state index in [1.807, 2.05) is 55.4 Å². The molecule has 0 heterocycles. The molecular weight excluding hydrogens is 234 g/mol. The van der Waals surface area contributed by atoms with E-state index >= 15 is 0 Å². The van der Waals surface area contributed by atoms with E-state index in [-0.39, 0.29) is 5.57 Å². The molecule has 0 amide bonds. The van der Waals surface area contributed by atoms with Crippen molar-refractivity contribution in [3.8, 4) is 12.1 Å². The first-order chi connectivity index (χ1) is 9.17. The number of anilines is 1. The van der Waals surface area contributed by atoms with Gasteiger partial charge in [-0.05, 0) is 23.8 Å². The van der Waals surface area contributed by atoms with Crippen molar-refractivity contribution in [2.75, 3.05) is 19.0 Å². The standard InChI is InChI=1S/C16H15N3/c1-19(2)16-10-8-14(9-11-16)6-4-3-5-7-15(12-17)13-18/h3-11H,1-2H3. The Hall–Kier alpha value is -2.78. The van der Waals surface area contributed by atoms with Crippen molar-refractivity contribution in [3.05, 3.63) is 59.7 Å². The molecule has 0 aliphatic rings. The van der Waals surface area contributed by atoms with Gasteiger partial charge in [-0.15, -0.1) is 0 Å². The molecule has 0 bridgehead atoms. The van der Waals surface area contributed by atoms with Gasteiger partial charge in [0.05, 0.1) is 0 Å². The molecule has 0 aliphatic heterocycles. The maximum absolute atomic E-state index is 8.53. The van der Waals surface area contributed by atoms with Gasteiger partial charge in [-0.2, -0.15) is 10.5 Å². The van der Waals surface area contributed by atoms with E-state index in [4.69, 9.17) is 10.5 Å². The minimum Gasteiger partial charge on any atom is -0.378 e. The van der Waals surface area contributed by atoms with Crippen molar-refractivity contribution in [1.29, 1.82) is 10.5 Å². The Morgan fingerprint density at radius 2 is 1.63 bits per heavy atom. The van der Waals surface area contributed by atoms with E-state index < -0.39 is 0 Å². The third kappa shape index (κ3) is 4.93. The van der Waals surface area contributed by atoms with Crippen LogP contribution in [-0.4, -0.2) is 14.1 Å². The zero-order chi connectivity index (χ0) is 14.1. The molecule has 19 heavy (non-hydrogen) atoms. The first-order valence-electron chi connectivity index (χ1n) is 5.80. The molecule has 0 unspecified atom stereocenters. The van der Waals surface area contributed by atoms with Crippen molar-refractivity contribution in [2.24, 2.45) is 0 Å². The molecular formula is C16H15N3. The highest BCUT2D eigenvalue weighted by Gasteiger charge is 1.92. The van der Waals surface area contributed by atoms with Gasteiger partial charge in [0, 0.05) is 19.8 Å². The van der Waals surface area contributed by atoms with Gasteiger partial charge >= 0.3 is 0 Å². The van der Waals surface area contributed by atoms with Gasteiger partial charge in [0.15, 0.2) is 0 Å². The Balaban J connectivity index is 2.64. The minimum absolute atomic E-state index is 0.0972. The fourth-order valence-electron chi connectivity index (χ4n) is 1.37. The van der Waals surface area contributed by atoms with Gasteiger partial charge in [-0.3, -0.25) is 0 Å². The number of nitriles is 2. The van der Waals surface area contributed by atoms with E-state index in [1.165, 1.54) is 6.08 Å². The second-order valence-electron chi connectivity index (χ2n) is 4.03. The number of rotatable bonds is 4. The van der Waals surface area contributed by atoms with Gasteiger partial charge in [0.25, 0.3) is 0 Å². The van der Waals surface area contributed by atoms with Gasteiger partial charge in [-0.1, -0.05) is 36.4 Å². The van der Waals surface area contributed by atoms with E-state index in [1.54, 1.807) is 24.3 Å². The average molecular weight is 249 g/mol. The summed E-state index contributed by atoms with van der Waals surface area (Å²) in [6.45, 7) is 0. The first-order valence-corrected chi connectivity index (χ1v) is 5.80. The molecule has 0 saturated carbocycles. The molecule has 3 nitrogen and oxygen atoms in total. The van der Waals surface area contributed by atoms with Crippen molar-refractivity contribution in [1.82, 2.24) is 0 Å². The zero-order valence-electron chi connectivity index (χ0n) is 11.0. The smallest absolute Gasteiger partial charge is 0.129 e. The van der Waals surface area contributed by atoms with Crippen LogP contribution in [0.1, 0.15) is 5.56 Å². The maximum atomic E-state index is 8.53. The average Bonchev–Trinajstić information content (AvgIpc) is 2.43. The van der Waals surface area contributed by atoms with Crippen molar-refractivity contribution in [3.63, 3.8) is 0 Å². The monoisotopic (exact) mass is 249 g/mol. The zero-order valence-corrected chi connectivity index (χ0v) is 11.0. The molecule has 0 saturated heterocycles. The summed E-state index contributed by atoms with van der Waals surface area (Å²) >= 11 is 0. The molecule has 0 N–H and O–H groups in total. The van der Waals surface area contributed by atoms with Crippen LogP contribution in [0.25, 0.3) is 6.08 Å². The lowest BCUT2D eigenvalue weighted by molar-refractivity contribution is 1.13. The molecule has 0 aromatic heterocycles. The second kappa shape index (κ2) is 7.53. The Bertz CT molecular complexity index is 560.